The zero-order valence-corrected chi connectivity index (χ0v) is 14.2. The zero-order valence-electron chi connectivity index (χ0n) is 14.2. The summed E-state index contributed by atoms with van der Waals surface area (Å²) in [6.45, 7) is 9.82. The molecule has 0 bridgehead atoms. The van der Waals surface area contributed by atoms with Crippen molar-refractivity contribution in [3.05, 3.63) is 0 Å². The van der Waals surface area contributed by atoms with E-state index in [4.69, 9.17) is 10.5 Å². The Labute approximate surface area is 129 Å². The van der Waals surface area contributed by atoms with Gasteiger partial charge in [-0.25, -0.2) is 0 Å². The van der Waals surface area contributed by atoms with Crippen molar-refractivity contribution < 1.29 is 14.6 Å². The molecule has 5 nitrogen and oxygen atoms in total. The van der Waals surface area contributed by atoms with Crippen LogP contribution in [-0.4, -0.2) is 43.4 Å². The Morgan fingerprint density at radius 1 is 1.33 bits per heavy atom. The molecule has 126 valence electrons. The van der Waals surface area contributed by atoms with E-state index < -0.39 is 11.5 Å². The van der Waals surface area contributed by atoms with E-state index in [9.17, 15) is 9.90 Å². The first-order valence-electron chi connectivity index (χ1n) is 8.09. The maximum Gasteiger partial charge on any atom is 0.224 e. The van der Waals surface area contributed by atoms with Crippen molar-refractivity contribution in [3.8, 4) is 0 Å². The van der Waals surface area contributed by atoms with Crippen LogP contribution in [0, 0.1) is 11.3 Å². The molecule has 0 aliphatic carbocycles. The third kappa shape index (κ3) is 9.82. The number of nitrogens with two attached hydrogens (primary N) is 1. The van der Waals surface area contributed by atoms with Crippen LogP contribution >= 0.6 is 0 Å². The summed E-state index contributed by atoms with van der Waals surface area (Å²) >= 11 is 0. The number of nitrogens with one attached hydrogen (secondary N) is 1. The average Bonchev–Trinajstić information content (AvgIpc) is 2.42. The number of ether oxygens (including phenoxy) is 1. The Kier molecular flexibility index (Phi) is 10.6. The highest BCUT2D eigenvalue weighted by atomic mass is 16.5. The van der Waals surface area contributed by atoms with Gasteiger partial charge in [-0.2, -0.15) is 0 Å². The molecule has 4 N–H and O–H groups in total. The first-order valence-corrected chi connectivity index (χ1v) is 8.09. The summed E-state index contributed by atoms with van der Waals surface area (Å²) < 4.78 is 5.59. The topological polar surface area (TPSA) is 84.6 Å². The molecule has 5 heteroatoms. The number of carbonyl (C=O) groups is 1. The number of unbranched alkanes of at least 4 members (excludes halogenated alkanes) is 1. The molecule has 0 aliphatic rings. The van der Waals surface area contributed by atoms with E-state index in [-0.39, 0.29) is 5.91 Å². The van der Waals surface area contributed by atoms with E-state index >= 15 is 0 Å². The van der Waals surface area contributed by atoms with Crippen LogP contribution in [0.1, 0.15) is 53.4 Å². The van der Waals surface area contributed by atoms with Gasteiger partial charge in [0.25, 0.3) is 0 Å². The normalized spacial score (nSPS) is 14.9. The molecule has 0 aromatic carbocycles. The lowest BCUT2D eigenvalue weighted by molar-refractivity contribution is -0.125. The van der Waals surface area contributed by atoms with Crippen molar-refractivity contribution in [3.63, 3.8) is 0 Å². The summed E-state index contributed by atoms with van der Waals surface area (Å²) in [7, 11) is 0. The highest BCUT2D eigenvalue weighted by Gasteiger charge is 2.24. The first-order chi connectivity index (χ1) is 9.83. The van der Waals surface area contributed by atoms with E-state index in [1.807, 2.05) is 0 Å². The van der Waals surface area contributed by atoms with Crippen molar-refractivity contribution in [2.75, 3.05) is 26.3 Å². The van der Waals surface area contributed by atoms with Gasteiger partial charge in [0.15, 0.2) is 0 Å². The van der Waals surface area contributed by atoms with Gasteiger partial charge in [0, 0.05) is 19.7 Å². The standard InChI is InChI=1S/C16H34N2O3/c1-5-7-8-13(6-2)10-21-11-14(19)9-18-12-16(3,4)15(17)20/h13-14,18-19H,5-12H2,1-4H3,(H2,17,20). The van der Waals surface area contributed by atoms with Gasteiger partial charge in [0.2, 0.25) is 5.91 Å². The summed E-state index contributed by atoms with van der Waals surface area (Å²) in [5.74, 6) is 0.237. The van der Waals surface area contributed by atoms with Gasteiger partial charge in [0.1, 0.15) is 0 Å². The van der Waals surface area contributed by atoms with Crippen LogP contribution in [0.3, 0.4) is 0 Å². The predicted octanol–water partition coefficient (Wildman–Crippen LogP) is 1.68. The molecule has 0 aliphatic heterocycles. The van der Waals surface area contributed by atoms with Crippen LogP contribution in [0.15, 0.2) is 0 Å². The van der Waals surface area contributed by atoms with Gasteiger partial charge in [0.05, 0.1) is 18.1 Å². The molecule has 0 radical (unpaired) electrons. The molecule has 2 unspecified atom stereocenters. The Bertz CT molecular complexity index is 283. The van der Waals surface area contributed by atoms with E-state index in [0.29, 0.717) is 32.2 Å². The summed E-state index contributed by atoms with van der Waals surface area (Å²) in [6, 6.07) is 0. The monoisotopic (exact) mass is 302 g/mol. The van der Waals surface area contributed by atoms with Gasteiger partial charge in [-0.3, -0.25) is 4.79 Å². The fraction of sp³-hybridized carbons (Fsp3) is 0.938. The predicted molar refractivity (Wildman–Crippen MR) is 86.0 cm³/mol. The second-order valence-corrected chi connectivity index (χ2v) is 6.49. The SMILES string of the molecule is CCCCC(CC)COCC(O)CNCC(C)(C)C(N)=O. The number of aliphatic hydroxyl groups is 1. The summed E-state index contributed by atoms with van der Waals surface area (Å²) in [5, 5.41) is 12.9. The second kappa shape index (κ2) is 11.0. The number of rotatable bonds is 13. The molecule has 0 saturated heterocycles. The summed E-state index contributed by atoms with van der Waals surface area (Å²) in [6.07, 6.45) is 4.18. The fourth-order valence-corrected chi connectivity index (χ4v) is 1.97. The zero-order chi connectivity index (χ0) is 16.3. The molecule has 0 spiro atoms. The minimum Gasteiger partial charge on any atom is -0.389 e. The number of aliphatic hydroxyl groups excluding tert-OH is 1. The van der Waals surface area contributed by atoms with Crippen LogP contribution in [0.4, 0.5) is 0 Å². The van der Waals surface area contributed by atoms with Gasteiger partial charge >= 0.3 is 0 Å². The highest BCUT2D eigenvalue weighted by Crippen LogP contribution is 2.13. The minimum absolute atomic E-state index is 0.326. The lowest BCUT2D eigenvalue weighted by atomic mass is 9.93. The van der Waals surface area contributed by atoms with Crippen LogP contribution < -0.4 is 11.1 Å². The lowest BCUT2D eigenvalue weighted by Gasteiger charge is -2.22. The van der Waals surface area contributed by atoms with Crippen molar-refractivity contribution in [2.45, 2.75) is 59.5 Å². The van der Waals surface area contributed by atoms with Crippen molar-refractivity contribution in [1.29, 1.82) is 0 Å². The fourth-order valence-electron chi connectivity index (χ4n) is 1.97. The van der Waals surface area contributed by atoms with Crippen LogP contribution in [0.5, 0.6) is 0 Å². The van der Waals surface area contributed by atoms with Crippen LogP contribution in [0.2, 0.25) is 0 Å². The summed E-state index contributed by atoms with van der Waals surface area (Å²) in [4.78, 5) is 11.2. The molecular formula is C16H34N2O3. The largest absolute Gasteiger partial charge is 0.389 e. The number of hydrogen-bond donors (Lipinski definition) is 3. The van der Waals surface area contributed by atoms with E-state index in [2.05, 4.69) is 19.2 Å². The maximum absolute atomic E-state index is 11.2. The molecule has 0 fully saturated rings. The summed E-state index contributed by atoms with van der Waals surface area (Å²) in [5.41, 5.74) is 4.69. The van der Waals surface area contributed by atoms with Gasteiger partial charge in [-0.15, -0.1) is 0 Å². The Morgan fingerprint density at radius 2 is 2.00 bits per heavy atom. The van der Waals surface area contributed by atoms with Gasteiger partial charge in [-0.1, -0.05) is 33.1 Å². The number of hydrogen-bond acceptors (Lipinski definition) is 4. The Morgan fingerprint density at radius 3 is 2.52 bits per heavy atom. The molecule has 1 amide bonds. The van der Waals surface area contributed by atoms with E-state index in [0.717, 1.165) is 6.42 Å². The molecule has 2 atom stereocenters. The molecular weight excluding hydrogens is 268 g/mol. The maximum atomic E-state index is 11.2. The smallest absolute Gasteiger partial charge is 0.224 e. The van der Waals surface area contributed by atoms with E-state index in [1.165, 1.54) is 19.3 Å². The Balaban J connectivity index is 3.75. The number of carbonyl (C=O) groups excluding carboxylic acids is 1. The second-order valence-electron chi connectivity index (χ2n) is 6.49. The van der Waals surface area contributed by atoms with Crippen molar-refractivity contribution in [2.24, 2.45) is 17.1 Å². The van der Waals surface area contributed by atoms with Crippen LogP contribution in [-0.2, 0) is 9.53 Å². The third-order valence-corrected chi connectivity index (χ3v) is 3.82. The average molecular weight is 302 g/mol. The lowest BCUT2D eigenvalue weighted by Crippen LogP contribution is -2.43. The van der Waals surface area contributed by atoms with Gasteiger partial charge < -0.3 is 20.9 Å². The molecule has 0 aromatic heterocycles. The minimum atomic E-state index is -0.603. The van der Waals surface area contributed by atoms with Gasteiger partial charge in [-0.05, 0) is 26.2 Å². The number of amides is 1. The van der Waals surface area contributed by atoms with Crippen molar-refractivity contribution in [1.82, 2.24) is 5.32 Å². The third-order valence-electron chi connectivity index (χ3n) is 3.82. The first kappa shape index (κ1) is 20.3. The molecule has 0 heterocycles. The molecule has 0 aromatic rings. The van der Waals surface area contributed by atoms with E-state index in [1.54, 1.807) is 13.8 Å². The molecule has 21 heavy (non-hydrogen) atoms. The number of primary amides is 1. The van der Waals surface area contributed by atoms with Crippen LogP contribution in [0.25, 0.3) is 0 Å². The highest BCUT2D eigenvalue weighted by molar-refractivity contribution is 5.80. The Hall–Kier alpha value is -0.650. The quantitative estimate of drug-likeness (QED) is 0.483. The van der Waals surface area contributed by atoms with Crippen molar-refractivity contribution >= 4 is 5.91 Å². The molecule has 0 saturated carbocycles. The molecule has 0 rings (SSSR count).